The molecule has 1 aliphatic rings. The molecule has 7 heteroatoms. The van der Waals surface area contributed by atoms with Crippen LogP contribution in [0, 0.1) is 6.92 Å². The largest absolute Gasteiger partial charge is 0.353 e. The number of rotatable bonds is 4. The number of thiophene rings is 1. The normalized spacial score (nSPS) is 16.1. The molecule has 1 atom stereocenters. The third kappa shape index (κ3) is 4.23. The molecule has 0 aliphatic carbocycles. The van der Waals surface area contributed by atoms with Crippen molar-refractivity contribution in [2.24, 2.45) is 0 Å². The van der Waals surface area contributed by atoms with Gasteiger partial charge >= 0.3 is 6.03 Å². The summed E-state index contributed by atoms with van der Waals surface area (Å²) >= 11 is 1.73. The van der Waals surface area contributed by atoms with Crippen LogP contribution in [0.1, 0.15) is 17.6 Å². The number of nitrogens with one attached hydrogen (secondary N) is 1. The van der Waals surface area contributed by atoms with E-state index in [0.717, 1.165) is 31.2 Å². The smallest absolute Gasteiger partial charge is 0.317 e. The van der Waals surface area contributed by atoms with Gasteiger partial charge in [0.2, 0.25) is 0 Å². The molecule has 128 valence electrons. The Kier molecular flexibility index (Phi) is 5.30. The van der Waals surface area contributed by atoms with Gasteiger partial charge in [0.15, 0.2) is 0 Å². The Morgan fingerprint density at radius 2 is 2.12 bits per heavy atom. The SMILES string of the molecule is Cc1nccc(N2CCN(C(=O)N[C@@H](C)Cc3cccs3)CC2)n1. The molecule has 0 bridgehead atoms. The van der Waals surface area contributed by atoms with E-state index < -0.39 is 0 Å². The van der Waals surface area contributed by atoms with Crippen LogP contribution in [0.3, 0.4) is 0 Å². The molecule has 2 aromatic heterocycles. The Labute approximate surface area is 146 Å². The Hall–Kier alpha value is -2.15. The molecule has 0 spiro atoms. The predicted octanol–water partition coefficient (Wildman–Crippen LogP) is 2.31. The Bertz CT molecular complexity index is 667. The molecule has 1 N–H and O–H groups in total. The summed E-state index contributed by atoms with van der Waals surface area (Å²) in [5.41, 5.74) is 0. The van der Waals surface area contributed by atoms with Gasteiger partial charge in [0.05, 0.1) is 0 Å². The maximum Gasteiger partial charge on any atom is 0.317 e. The molecule has 1 saturated heterocycles. The fourth-order valence-electron chi connectivity index (χ4n) is 2.84. The second-order valence-corrected chi connectivity index (χ2v) is 7.10. The number of urea groups is 1. The van der Waals surface area contributed by atoms with Crippen LogP contribution in [0.25, 0.3) is 0 Å². The van der Waals surface area contributed by atoms with Crippen molar-refractivity contribution in [1.82, 2.24) is 20.2 Å². The highest BCUT2D eigenvalue weighted by molar-refractivity contribution is 7.09. The van der Waals surface area contributed by atoms with Gasteiger partial charge < -0.3 is 15.1 Å². The van der Waals surface area contributed by atoms with E-state index in [9.17, 15) is 4.79 Å². The number of anilines is 1. The minimum Gasteiger partial charge on any atom is -0.353 e. The van der Waals surface area contributed by atoms with Crippen LogP contribution < -0.4 is 10.2 Å². The van der Waals surface area contributed by atoms with Crippen LogP contribution in [-0.2, 0) is 6.42 Å². The van der Waals surface area contributed by atoms with Crippen molar-refractivity contribution >= 4 is 23.2 Å². The monoisotopic (exact) mass is 345 g/mol. The molecule has 2 amide bonds. The zero-order valence-corrected chi connectivity index (χ0v) is 14.9. The number of hydrogen-bond acceptors (Lipinski definition) is 5. The first-order valence-corrected chi connectivity index (χ1v) is 9.12. The first-order chi connectivity index (χ1) is 11.6. The summed E-state index contributed by atoms with van der Waals surface area (Å²) in [5, 5.41) is 5.17. The van der Waals surface area contributed by atoms with E-state index in [4.69, 9.17) is 0 Å². The molecule has 24 heavy (non-hydrogen) atoms. The van der Waals surface area contributed by atoms with E-state index in [-0.39, 0.29) is 12.1 Å². The summed E-state index contributed by atoms with van der Waals surface area (Å²) < 4.78 is 0. The van der Waals surface area contributed by atoms with Gasteiger partial charge in [-0.15, -0.1) is 11.3 Å². The molecule has 1 fully saturated rings. The quantitative estimate of drug-likeness (QED) is 0.924. The molecule has 0 radical (unpaired) electrons. The van der Waals surface area contributed by atoms with Crippen molar-refractivity contribution in [1.29, 1.82) is 0 Å². The van der Waals surface area contributed by atoms with E-state index in [0.29, 0.717) is 13.1 Å². The number of piperazine rings is 1. The number of aryl methyl sites for hydroxylation is 1. The van der Waals surface area contributed by atoms with Crippen molar-refractivity contribution < 1.29 is 4.79 Å². The van der Waals surface area contributed by atoms with Gasteiger partial charge in [0, 0.05) is 49.7 Å². The third-order valence-electron chi connectivity index (χ3n) is 4.11. The van der Waals surface area contributed by atoms with Gasteiger partial charge in [0.1, 0.15) is 11.6 Å². The van der Waals surface area contributed by atoms with Gasteiger partial charge in [-0.1, -0.05) is 6.07 Å². The van der Waals surface area contributed by atoms with Crippen LogP contribution in [0.15, 0.2) is 29.8 Å². The van der Waals surface area contributed by atoms with Crippen LogP contribution >= 0.6 is 11.3 Å². The van der Waals surface area contributed by atoms with E-state index in [2.05, 4.69) is 38.6 Å². The third-order valence-corrected chi connectivity index (χ3v) is 5.01. The highest BCUT2D eigenvalue weighted by Crippen LogP contribution is 2.14. The fourth-order valence-corrected chi connectivity index (χ4v) is 3.68. The van der Waals surface area contributed by atoms with E-state index >= 15 is 0 Å². The molecule has 3 heterocycles. The zero-order valence-electron chi connectivity index (χ0n) is 14.1. The van der Waals surface area contributed by atoms with Crippen molar-refractivity contribution in [3.8, 4) is 0 Å². The number of amides is 2. The van der Waals surface area contributed by atoms with Gasteiger partial charge in [-0.25, -0.2) is 14.8 Å². The Balaban J connectivity index is 1.48. The van der Waals surface area contributed by atoms with Crippen LogP contribution in [0.4, 0.5) is 10.6 Å². The number of nitrogens with zero attached hydrogens (tertiary/aromatic N) is 4. The second kappa shape index (κ2) is 7.61. The first kappa shape index (κ1) is 16.7. The van der Waals surface area contributed by atoms with Crippen molar-refractivity contribution in [3.63, 3.8) is 0 Å². The summed E-state index contributed by atoms with van der Waals surface area (Å²) in [6.45, 7) is 6.95. The van der Waals surface area contributed by atoms with Crippen molar-refractivity contribution in [2.75, 3.05) is 31.1 Å². The average molecular weight is 345 g/mol. The fraction of sp³-hybridized carbons (Fsp3) is 0.471. The summed E-state index contributed by atoms with van der Waals surface area (Å²) in [7, 11) is 0. The number of carbonyl (C=O) groups is 1. The molecular weight excluding hydrogens is 322 g/mol. The highest BCUT2D eigenvalue weighted by Gasteiger charge is 2.23. The molecular formula is C17H23N5OS. The summed E-state index contributed by atoms with van der Waals surface area (Å²) in [4.78, 5) is 26.4. The Morgan fingerprint density at radius 1 is 1.33 bits per heavy atom. The van der Waals surface area contributed by atoms with Gasteiger partial charge in [-0.05, 0) is 31.4 Å². The standard InChI is InChI=1S/C17H23N5OS/c1-13(12-15-4-3-11-24-15)19-17(23)22-9-7-21(8-10-22)16-5-6-18-14(2)20-16/h3-6,11,13H,7-10,12H2,1-2H3,(H,19,23)/t13-/m0/s1. The lowest BCUT2D eigenvalue weighted by molar-refractivity contribution is 0.191. The lowest BCUT2D eigenvalue weighted by Crippen LogP contribution is -2.53. The molecule has 3 rings (SSSR count). The molecule has 1 aliphatic heterocycles. The minimum atomic E-state index is 0.0255. The van der Waals surface area contributed by atoms with Crippen LogP contribution in [0.2, 0.25) is 0 Å². The van der Waals surface area contributed by atoms with Crippen molar-refractivity contribution in [3.05, 3.63) is 40.5 Å². The summed E-state index contributed by atoms with van der Waals surface area (Å²) in [6, 6.07) is 6.24. The van der Waals surface area contributed by atoms with Crippen LogP contribution in [-0.4, -0.2) is 53.1 Å². The predicted molar refractivity (Wildman–Crippen MR) is 96.6 cm³/mol. The zero-order chi connectivity index (χ0) is 16.9. The van der Waals surface area contributed by atoms with Gasteiger partial charge in [-0.3, -0.25) is 0 Å². The molecule has 6 nitrogen and oxygen atoms in total. The first-order valence-electron chi connectivity index (χ1n) is 8.24. The number of carbonyl (C=O) groups excluding carboxylic acids is 1. The molecule has 0 unspecified atom stereocenters. The maximum absolute atomic E-state index is 12.4. The lowest BCUT2D eigenvalue weighted by atomic mass is 10.2. The van der Waals surface area contributed by atoms with E-state index in [1.807, 2.05) is 24.0 Å². The average Bonchev–Trinajstić information content (AvgIpc) is 3.07. The minimum absolute atomic E-state index is 0.0255. The van der Waals surface area contributed by atoms with E-state index in [1.54, 1.807) is 17.5 Å². The number of hydrogen-bond donors (Lipinski definition) is 1. The van der Waals surface area contributed by atoms with Gasteiger partial charge in [0.25, 0.3) is 0 Å². The maximum atomic E-state index is 12.4. The lowest BCUT2D eigenvalue weighted by Gasteiger charge is -2.35. The highest BCUT2D eigenvalue weighted by atomic mass is 32.1. The second-order valence-electron chi connectivity index (χ2n) is 6.07. The molecule has 0 saturated carbocycles. The van der Waals surface area contributed by atoms with E-state index in [1.165, 1.54) is 4.88 Å². The van der Waals surface area contributed by atoms with Crippen molar-refractivity contribution in [2.45, 2.75) is 26.3 Å². The summed E-state index contributed by atoms with van der Waals surface area (Å²) in [6.07, 6.45) is 2.66. The topological polar surface area (TPSA) is 61.4 Å². The van der Waals surface area contributed by atoms with Gasteiger partial charge in [-0.2, -0.15) is 0 Å². The van der Waals surface area contributed by atoms with Crippen LogP contribution in [0.5, 0.6) is 0 Å². The summed E-state index contributed by atoms with van der Waals surface area (Å²) in [5.74, 6) is 1.71. The Morgan fingerprint density at radius 3 is 2.79 bits per heavy atom. The molecule has 0 aromatic carbocycles. The number of aromatic nitrogens is 2. The molecule has 2 aromatic rings.